The molecule has 0 amide bonds. The molecule has 0 fully saturated rings. The SMILES string of the molecule is CCCCCC/C=C\C=C/CCCCCCCC(=O)OC[C@H](COP(=O)(O)OC[C@@H](O)COP(=O)(O)OC[C@@H](COC(=O)CCCCCCCCCC)OC(=O)CCCCCCCCCCCCCC(C)C)OC(=O)CCCCCCCCCCCCCCCCCCCCC(C)C. The van der Waals surface area contributed by atoms with E-state index in [4.69, 9.17) is 37.0 Å². The van der Waals surface area contributed by atoms with E-state index in [-0.39, 0.29) is 25.7 Å². The predicted octanol–water partition coefficient (Wildman–Crippen LogP) is 23.1. The molecule has 0 aromatic rings. The van der Waals surface area contributed by atoms with Gasteiger partial charge in [0, 0.05) is 25.7 Å². The van der Waals surface area contributed by atoms with Crippen LogP contribution in [-0.4, -0.2) is 96.7 Å². The van der Waals surface area contributed by atoms with Crippen LogP contribution in [-0.2, 0) is 65.4 Å². The number of hydrogen-bond donors (Lipinski definition) is 3. The lowest BCUT2D eigenvalue weighted by molar-refractivity contribution is -0.161. The van der Waals surface area contributed by atoms with Gasteiger partial charge in [0.15, 0.2) is 12.2 Å². The van der Waals surface area contributed by atoms with E-state index in [0.717, 1.165) is 127 Å². The molecule has 5 atom stereocenters. The lowest BCUT2D eigenvalue weighted by Crippen LogP contribution is -2.30. The topological polar surface area (TPSA) is 237 Å². The second-order valence-electron chi connectivity index (χ2n) is 28.7. The van der Waals surface area contributed by atoms with Crippen LogP contribution in [0.5, 0.6) is 0 Å². The largest absolute Gasteiger partial charge is 0.472 e. The number of allylic oxidation sites excluding steroid dienone is 4. The zero-order valence-corrected chi connectivity index (χ0v) is 65.4. The van der Waals surface area contributed by atoms with Gasteiger partial charge in [-0.2, -0.15) is 0 Å². The number of aliphatic hydroxyl groups excluding tert-OH is 1. The molecule has 0 saturated heterocycles. The molecule has 0 aliphatic carbocycles. The Hall–Kier alpha value is -2.46. The highest BCUT2D eigenvalue weighted by Crippen LogP contribution is 2.45. The summed E-state index contributed by atoms with van der Waals surface area (Å²) in [5, 5.41) is 10.6. The van der Waals surface area contributed by atoms with Gasteiger partial charge in [0.25, 0.3) is 0 Å². The molecule has 19 heteroatoms. The third kappa shape index (κ3) is 71.9. The van der Waals surface area contributed by atoms with Crippen molar-refractivity contribution in [1.29, 1.82) is 0 Å². The second-order valence-corrected chi connectivity index (χ2v) is 31.6. The molecule has 3 N–H and O–H groups in total. The molecular weight excluding hydrogens is 1280 g/mol. The van der Waals surface area contributed by atoms with Crippen molar-refractivity contribution in [2.75, 3.05) is 39.6 Å². The zero-order chi connectivity index (χ0) is 72.1. The van der Waals surface area contributed by atoms with Gasteiger partial charge in [0.05, 0.1) is 26.4 Å². The smallest absolute Gasteiger partial charge is 0.462 e. The van der Waals surface area contributed by atoms with Gasteiger partial charge < -0.3 is 33.8 Å². The highest BCUT2D eigenvalue weighted by molar-refractivity contribution is 7.47. The standard InChI is InChI=1S/C79H150O17P2/c1-7-9-11-13-15-17-18-19-24-28-33-38-44-50-56-62-77(82)90-68-75(96-78(83)63-57-51-45-39-34-29-26-23-21-20-22-25-27-31-36-41-47-53-59-71(3)4)70-94-98(87,88)92-66-73(80)65-91-97(85,86)93-69-74(67-89-76(81)61-55-49-43-16-14-12-10-8-2)95-79(84)64-58-52-46-40-35-30-32-37-42-48-54-60-72(5)6/h17-19,24,71-75,80H,7-16,20-23,25-70H2,1-6H3,(H,85,86)(H,87,88)/b18-17-,24-19-/t73-,74+,75+/m0/s1. The molecule has 0 bridgehead atoms. The lowest BCUT2D eigenvalue weighted by Gasteiger charge is -2.21. The van der Waals surface area contributed by atoms with Gasteiger partial charge in [0.1, 0.15) is 19.3 Å². The molecule has 0 rings (SSSR count). The molecule has 0 aliphatic heterocycles. The third-order valence-electron chi connectivity index (χ3n) is 17.8. The van der Waals surface area contributed by atoms with E-state index in [2.05, 4.69) is 65.8 Å². The van der Waals surface area contributed by atoms with Crippen molar-refractivity contribution in [3.8, 4) is 0 Å². The van der Waals surface area contributed by atoms with Gasteiger partial charge in [-0.05, 0) is 63.2 Å². The van der Waals surface area contributed by atoms with Gasteiger partial charge in [-0.1, -0.05) is 336 Å². The molecular formula is C79H150O17P2. The maximum atomic E-state index is 13.1. The number of phosphoric ester groups is 2. The minimum Gasteiger partial charge on any atom is -0.462 e. The van der Waals surface area contributed by atoms with E-state index < -0.39 is 97.5 Å². The van der Waals surface area contributed by atoms with Gasteiger partial charge >= 0.3 is 39.5 Å². The minimum atomic E-state index is -4.97. The van der Waals surface area contributed by atoms with Crippen LogP contribution in [0.15, 0.2) is 24.3 Å². The number of carbonyl (C=O) groups excluding carboxylic acids is 4. The van der Waals surface area contributed by atoms with Crippen molar-refractivity contribution in [3.05, 3.63) is 24.3 Å². The summed E-state index contributed by atoms with van der Waals surface area (Å²) in [7, 11) is -9.92. The molecule has 17 nitrogen and oxygen atoms in total. The van der Waals surface area contributed by atoms with Crippen molar-refractivity contribution in [1.82, 2.24) is 0 Å². The van der Waals surface area contributed by atoms with Crippen molar-refractivity contribution in [3.63, 3.8) is 0 Å². The summed E-state index contributed by atoms with van der Waals surface area (Å²) in [6.07, 6.45) is 62.0. The lowest BCUT2D eigenvalue weighted by atomic mass is 10.0. The van der Waals surface area contributed by atoms with Crippen LogP contribution in [0, 0.1) is 11.8 Å². The summed E-state index contributed by atoms with van der Waals surface area (Å²) in [6, 6.07) is 0. The van der Waals surface area contributed by atoms with Crippen molar-refractivity contribution < 1.29 is 80.2 Å². The van der Waals surface area contributed by atoms with Crippen LogP contribution < -0.4 is 0 Å². The average Bonchev–Trinajstić information content (AvgIpc) is 1.22. The molecule has 0 spiro atoms. The first-order chi connectivity index (χ1) is 47.4. The molecule has 578 valence electrons. The highest BCUT2D eigenvalue weighted by Gasteiger charge is 2.30. The van der Waals surface area contributed by atoms with Crippen LogP contribution in [0.3, 0.4) is 0 Å². The molecule has 0 aromatic heterocycles. The second kappa shape index (κ2) is 70.2. The van der Waals surface area contributed by atoms with Crippen LogP contribution in [0.1, 0.15) is 388 Å². The van der Waals surface area contributed by atoms with Crippen molar-refractivity contribution in [2.45, 2.75) is 407 Å². The van der Waals surface area contributed by atoms with Crippen molar-refractivity contribution >= 4 is 39.5 Å². The van der Waals surface area contributed by atoms with Gasteiger partial charge in [-0.3, -0.25) is 37.3 Å². The first kappa shape index (κ1) is 95.5. The number of esters is 4. The first-order valence-corrected chi connectivity index (χ1v) is 43.3. The summed E-state index contributed by atoms with van der Waals surface area (Å²) in [6.45, 7) is 9.56. The quantitative estimate of drug-likeness (QED) is 0.0169. The Balaban J connectivity index is 5.22. The number of aliphatic hydroxyl groups is 1. The Morgan fingerprint density at radius 2 is 0.551 bits per heavy atom. The predicted molar refractivity (Wildman–Crippen MR) is 400 cm³/mol. The molecule has 2 unspecified atom stereocenters. The minimum absolute atomic E-state index is 0.101. The molecule has 0 aliphatic rings. The van der Waals surface area contributed by atoms with Crippen LogP contribution in [0.2, 0.25) is 0 Å². The number of phosphoric acid groups is 2. The number of ether oxygens (including phenoxy) is 4. The molecule has 98 heavy (non-hydrogen) atoms. The fourth-order valence-electron chi connectivity index (χ4n) is 11.6. The Morgan fingerprint density at radius 3 is 0.837 bits per heavy atom. The maximum Gasteiger partial charge on any atom is 0.472 e. The Bertz CT molecular complexity index is 1980. The van der Waals surface area contributed by atoms with E-state index in [0.29, 0.717) is 25.7 Å². The number of carbonyl (C=O) groups is 4. The zero-order valence-electron chi connectivity index (χ0n) is 63.6. The molecule has 0 heterocycles. The van der Waals surface area contributed by atoms with Crippen LogP contribution >= 0.6 is 15.6 Å². The Kier molecular flexibility index (Phi) is 68.5. The summed E-state index contributed by atoms with van der Waals surface area (Å²) in [5.74, 6) is -0.562. The first-order valence-electron chi connectivity index (χ1n) is 40.3. The third-order valence-corrected chi connectivity index (χ3v) is 19.7. The summed E-state index contributed by atoms with van der Waals surface area (Å²) >= 11 is 0. The number of unbranched alkanes of at least 4 members (excludes halogenated alkanes) is 43. The van der Waals surface area contributed by atoms with E-state index in [1.54, 1.807) is 0 Å². The Labute approximate surface area is 599 Å². The fraction of sp³-hybridized carbons (Fsp3) is 0.899. The summed E-state index contributed by atoms with van der Waals surface area (Å²) < 4.78 is 68.5. The Morgan fingerprint density at radius 1 is 0.316 bits per heavy atom. The molecule has 0 radical (unpaired) electrons. The summed E-state index contributed by atoms with van der Waals surface area (Å²) in [4.78, 5) is 72.8. The molecule has 0 saturated carbocycles. The van der Waals surface area contributed by atoms with Gasteiger partial charge in [-0.25, -0.2) is 9.13 Å². The average molecular weight is 1430 g/mol. The van der Waals surface area contributed by atoms with E-state index in [1.165, 1.54) is 180 Å². The van der Waals surface area contributed by atoms with Gasteiger partial charge in [0.2, 0.25) is 0 Å². The monoisotopic (exact) mass is 1430 g/mol. The van der Waals surface area contributed by atoms with Gasteiger partial charge in [-0.15, -0.1) is 0 Å². The highest BCUT2D eigenvalue weighted by atomic mass is 31.2. The molecule has 0 aromatic carbocycles. The summed E-state index contributed by atoms with van der Waals surface area (Å²) in [5.41, 5.74) is 0. The van der Waals surface area contributed by atoms with Crippen molar-refractivity contribution in [2.24, 2.45) is 11.8 Å². The van der Waals surface area contributed by atoms with E-state index in [1.807, 2.05) is 0 Å². The number of rotatable bonds is 76. The maximum absolute atomic E-state index is 13.1. The van der Waals surface area contributed by atoms with Crippen LogP contribution in [0.4, 0.5) is 0 Å². The van der Waals surface area contributed by atoms with Crippen LogP contribution in [0.25, 0.3) is 0 Å². The number of hydrogen-bond acceptors (Lipinski definition) is 15. The fourth-order valence-corrected chi connectivity index (χ4v) is 13.2. The van der Waals surface area contributed by atoms with E-state index in [9.17, 15) is 43.2 Å². The normalized spacial score (nSPS) is 14.1. The van der Waals surface area contributed by atoms with E-state index >= 15 is 0 Å².